The van der Waals surface area contributed by atoms with Crippen molar-refractivity contribution in [3.8, 4) is 0 Å². The zero-order chi connectivity index (χ0) is 13.8. The summed E-state index contributed by atoms with van der Waals surface area (Å²) >= 11 is 0. The van der Waals surface area contributed by atoms with Gasteiger partial charge in [-0.25, -0.2) is 4.98 Å². The number of pyridine rings is 1. The third-order valence-electron chi connectivity index (χ3n) is 2.97. The molecule has 0 bridgehead atoms. The molecular formula is C16H20N2O. The molecule has 3 heteroatoms. The SMILES string of the molecule is Cc1nc(NC(C)C)ccc1C(O)c1ccccc1. The van der Waals surface area contributed by atoms with Crippen LogP contribution in [0, 0.1) is 6.92 Å². The summed E-state index contributed by atoms with van der Waals surface area (Å²) in [4.78, 5) is 4.49. The van der Waals surface area contributed by atoms with E-state index in [1.807, 2.05) is 49.4 Å². The predicted molar refractivity (Wildman–Crippen MR) is 78.2 cm³/mol. The van der Waals surface area contributed by atoms with E-state index in [0.717, 1.165) is 22.6 Å². The largest absolute Gasteiger partial charge is 0.384 e. The Hall–Kier alpha value is -1.87. The van der Waals surface area contributed by atoms with E-state index in [1.165, 1.54) is 0 Å². The molecule has 3 nitrogen and oxygen atoms in total. The van der Waals surface area contributed by atoms with Crippen LogP contribution < -0.4 is 5.32 Å². The second-order valence-corrected chi connectivity index (χ2v) is 4.98. The number of benzene rings is 1. The van der Waals surface area contributed by atoms with Crippen molar-refractivity contribution >= 4 is 5.82 Å². The third-order valence-corrected chi connectivity index (χ3v) is 2.97. The number of aliphatic hydroxyl groups excluding tert-OH is 1. The first kappa shape index (κ1) is 13.6. The van der Waals surface area contributed by atoms with Crippen LogP contribution in [0.2, 0.25) is 0 Å². The van der Waals surface area contributed by atoms with Crippen molar-refractivity contribution in [2.75, 3.05) is 5.32 Å². The smallest absolute Gasteiger partial charge is 0.126 e. The summed E-state index contributed by atoms with van der Waals surface area (Å²) in [5, 5.41) is 13.6. The maximum Gasteiger partial charge on any atom is 0.126 e. The van der Waals surface area contributed by atoms with Gasteiger partial charge in [0.05, 0.1) is 0 Å². The molecule has 1 aromatic heterocycles. The highest BCUT2D eigenvalue weighted by Crippen LogP contribution is 2.24. The van der Waals surface area contributed by atoms with E-state index in [9.17, 15) is 5.11 Å². The van der Waals surface area contributed by atoms with Gasteiger partial charge in [0.15, 0.2) is 0 Å². The lowest BCUT2D eigenvalue weighted by Gasteiger charge is -2.16. The Morgan fingerprint density at radius 3 is 2.32 bits per heavy atom. The maximum absolute atomic E-state index is 10.4. The second-order valence-electron chi connectivity index (χ2n) is 4.98. The van der Waals surface area contributed by atoms with E-state index < -0.39 is 6.10 Å². The fraction of sp³-hybridized carbons (Fsp3) is 0.312. The van der Waals surface area contributed by atoms with Crippen LogP contribution in [0.1, 0.15) is 36.8 Å². The van der Waals surface area contributed by atoms with Gasteiger partial charge in [0, 0.05) is 17.3 Å². The highest BCUT2D eigenvalue weighted by molar-refractivity contribution is 5.42. The molecule has 0 radical (unpaired) electrons. The van der Waals surface area contributed by atoms with Crippen LogP contribution in [0.3, 0.4) is 0 Å². The number of aliphatic hydroxyl groups is 1. The van der Waals surface area contributed by atoms with Crippen LogP contribution in [-0.4, -0.2) is 16.1 Å². The van der Waals surface area contributed by atoms with E-state index in [4.69, 9.17) is 0 Å². The zero-order valence-corrected chi connectivity index (χ0v) is 11.6. The summed E-state index contributed by atoms with van der Waals surface area (Å²) in [6.07, 6.45) is -0.623. The minimum atomic E-state index is -0.623. The number of nitrogens with one attached hydrogen (secondary N) is 1. The number of hydrogen-bond acceptors (Lipinski definition) is 3. The van der Waals surface area contributed by atoms with Crippen molar-refractivity contribution in [2.45, 2.75) is 32.9 Å². The number of aryl methyl sites for hydroxylation is 1. The van der Waals surface area contributed by atoms with E-state index in [1.54, 1.807) is 0 Å². The summed E-state index contributed by atoms with van der Waals surface area (Å²) < 4.78 is 0. The molecule has 0 aliphatic heterocycles. The summed E-state index contributed by atoms with van der Waals surface area (Å²) in [5.41, 5.74) is 2.58. The summed E-state index contributed by atoms with van der Waals surface area (Å²) in [6, 6.07) is 13.8. The highest BCUT2D eigenvalue weighted by Gasteiger charge is 2.13. The highest BCUT2D eigenvalue weighted by atomic mass is 16.3. The van der Waals surface area contributed by atoms with Gasteiger partial charge in [-0.3, -0.25) is 0 Å². The van der Waals surface area contributed by atoms with E-state index in [0.29, 0.717) is 6.04 Å². The van der Waals surface area contributed by atoms with Crippen molar-refractivity contribution in [2.24, 2.45) is 0 Å². The molecule has 1 atom stereocenters. The number of nitrogens with zero attached hydrogens (tertiary/aromatic N) is 1. The Labute approximate surface area is 114 Å². The molecule has 2 N–H and O–H groups in total. The van der Waals surface area contributed by atoms with E-state index >= 15 is 0 Å². The molecule has 0 fully saturated rings. The molecule has 0 amide bonds. The molecule has 0 aliphatic rings. The first-order valence-corrected chi connectivity index (χ1v) is 6.55. The van der Waals surface area contributed by atoms with Gasteiger partial charge in [0.2, 0.25) is 0 Å². The van der Waals surface area contributed by atoms with Crippen molar-refractivity contribution in [3.63, 3.8) is 0 Å². The quantitative estimate of drug-likeness (QED) is 0.882. The standard InChI is InChI=1S/C16H20N2O/c1-11(2)17-15-10-9-14(12(3)18-15)16(19)13-7-5-4-6-8-13/h4-11,16,19H,1-3H3,(H,17,18). The molecule has 0 aliphatic carbocycles. The van der Waals surface area contributed by atoms with Crippen LogP contribution in [0.15, 0.2) is 42.5 Å². The van der Waals surface area contributed by atoms with Crippen molar-refractivity contribution in [1.82, 2.24) is 4.98 Å². The van der Waals surface area contributed by atoms with Crippen LogP contribution in [0.25, 0.3) is 0 Å². The second kappa shape index (κ2) is 5.85. The minimum absolute atomic E-state index is 0.344. The molecular weight excluding hydrogens is 236 g/mol. The van der Waals surface area contributed by atoms with Crippen LogP contribution in [-0.2, 0) is 0 Å². The molecule has 1 heterocycles. The summed E-state index contributed by atoms with van der Waals surface area (Å²) in [7, 11) is 0. The Kier molecular flexibility index (Phi) is 4.17. The molecule has 2 aromatic rings. The Bertz CT molecular complexity index is 538. The van der Waals surface area contributed by atoms with Crippen molar-refractivity contribution in [1.29, 1.82) is 0 Å². The monoisotopic (exact) mass is 256 g/mol. The first-order chi connectivity index (χ1) is 9.08. The summed E-state index contributed by atoms with van der Waals surface area (Å²) in [5.74, 6) is 0.844. The van der Waals surface area contributed by atoms with Gasteiger partial charge >= 0.3 is 0 Å². The van der Waals surface area contributed by atoms with Crippen molar-refractivity contribution < 1.29 is 5.11 Å². The maximum atomic E-state index is 10.4. The number of rotatable bonds is 4. The van der Waals surface area contributed by atoms with Crippen LogP contribution >= 0.6 is 0 Å². The predicted octanol–water partition coefficient (Wildman–Crippen LogP) is 3.29. The fourth-order valence-electron chi connectivity index (χ4n) is 2.05. The zero-order valence-electron chi connectivity index (χ0n) is 11.6. The Balaban J connectivity index is 2.26. The fourth-order valence-corrected chi connectivity index (χ4v) is 2.05. The lowest BCUT2D eigenvalue weighted by atomic mass is 10.0. The lowest BCUT2D eigenvalue weighted by Crippen LogP contribution is -2.12. The van der Waals surface area contributed by atoms with Gasteiger partial charge in [-0.05, 0) is 32.4 Å². The number of aromatic nitrogens is 1. The molecule has 2 rings (SSSR count). The topological polar surface area (TPSA) is 45.2 Å². The number of hydrogen-bond donors (Lipinski definition) is 2. The Morgan fingerprint density at radius 1 is 1.05 bits per heavy atom. The van der Waals surface area contributed by atoms with Crippen LogP contribution in [0.4, 0.5) is 5.82 Å². The first-order valence-electron chi connectivity index (χ1n) is 6.55. The molecule has 0 saturated carbocycles. The van der Waals surface area contributed by atoms with Gasteiger partial charge in [0.1, 0.15) is 11.9 Å². The van der Waals surface area contributed by atoms with Gasteiger partial charge in [-0.1, -0.05) is 36.4 Å². The summed E-state index contributed by atoms with van der Waals surface area (Å²) in [6.45, 7) is 6.07. The van der Waals surface area contributed by atoms with E-state index in [-0.39, 0.29) is 0 Å². The molecule has 0 spiro atoms. The Morgan fingerprint density at radius 2 is 1.74 bits per heavy atom. The van der Waals surface area contributed by atoms with E-state index in [2.05, 4.69) is 24.1 Å². The van der Waals surface area contributed by atoms with Gasteiger partial charge in [-0.2, -0.15) is 0 Å². The van der Waals surface area contributed by atoms with Crippen LogP contribution in [0.5, 0.6) is 0 Å². The van der Waals surface area contributed by atoms with Crippen molar-refractivity contribution in [3.05, 3.63) is 59.3 Å². The lowest BCUT2D eigenvalue weighted by molar-refractivity contribution is 0.219. The molecule has 19 heavy (non-hydrogen) atoms. The molecule has 1 unspecified atom stereocenters. The average Bonchev–Trinajstić information content (AvgIpc) is 2.38. The number of anilines is 1. The molecule has 0 saturated heterocycles. The minimum Gasteiger partial charge on any atom is -0.384 e. The van der Waals surface area contributed by atoms with Gasteiger partial charge in [0.25, 0.3) is 0 Å². The third kappa shape index (κ3) is 3.32. The molecule has 1 aromatic carbocycles. The van der Waals surface area contributed by atoms with Gasteiger partial charge < -0.3 is 10.4 Å². The molecule has 100 valence electrons. The average molecular weight is 256 g/mol. The normalized spacial score (nSPS) is 12.5. The van der Waals surface area contributed by atoms with Gasteiger partial charge in [-0.15, -0.1) is 0 Å².